The first-order chi connectivity index (χ1) is 9.72. The first-order valence-corrected chi connectivity index (χ1v) is 7.38. The van der Waals surface area contributed by atoms with Gasteiger partial charge in [-0.05, 0) is 26.8 Å². The molecule has 6 nitrogen and oxygen atoms in total. The predicted molar refractivity (Wildman–Crippen MR) is 80.3 cm³/mol. The van der Waals surface area contributed by atoms with E-state index in [4.69, 9.17) is 10.5 Å². The summed E-state index contributed by atoms with van der Waals surface area (Å²) >= 11 is 0. The molecule has 0 bridgehead atoms. The normalized spacial score (nSPS) is 17.1. The van der Waals surface area contributed by atoms with Crippen LogP contribution in [0.2, 0.25) is 0 Å². The van der Waals surface area contributed by atoms with Gasteiger partial charge in [-0.2, -0.15) is 4.98 Å². The second kappa shape index (κ2) is 7.40. The summed E-state index contributed by atoms with van der Waals surface area (Å²) in [6, 6.07) is 1.88. The average Bonchev–Trinajstić information content (AvgIpc) is 2.65. The van der Waals surface area contributed by atoms with Crippen molar-refractivity contribution < 1.29 is 4.74 Å². The molecular formula is C14H25N5O. The molecule has 112 valence electrons. The van der Waals surface area contributed by atoms with Crippen LogP contribution >= 0.6 is 0 Å². The van der Waals surface area contributed by atoms with Gasteiger partial charge < -0.3 is 20.3 Å². The van der Waals surface area contributed by atoms with Gasteiger partial charge in [0.2, 0.25) is 11.8 Å². The Hall–Kier alpha value is -1.40. The molecule has 1 fully saturated rings. The second-order valence-electron chi connectivity index (χ2n) is 5.05. The van der Waals surface area contributed by atoms with Crippen molar-refractivity contribution in [1.82, 2.24) is 14.9 Å². The number of rotatable bonds is 5. The lowest BCUT2D eigenvalue weighted by Gasteiger charge is -2.22. The Morgan fingerprint density at radius 3 is 2.85 bits per heavy atom. The van der Waals surface area contributed by atoms with E-state index in [2.05, 4.69) is 19.8 Å². The highest BCUT2D eigenvalue weighted by Gasteiger charge is 2.17. The maximum atomic E-state index is 5.63. The third-order valence-electron chi connectivity index (χ3n) is 3.43. The van der Waals surface area contributed by atoms with Crippen LogP contribution in [0.4, 0.5) is 5.95 Å². The van der Waals surface area contributed by atoms with Gasteiger partial charge in [0.05, 0.1) is 6.61 Å². The van der Waals surface area contributed by atoms with Crippen molar-refractivity contribution in [3.8, 4) is 5.88 Å². The molecule has 20 heavy (non-hydrogen) atoms. The van der Waals surface area contributed by atoms with Crippen LogP contribution in [0.25, 0.3) is 0 Å². The van der Waals surface area contributed by atoms with E-state index in [0.29, 0.717) is 12.5 Å². The van der Waals surface area contributed by atoms with Crippen molar-refractivity contribution in [3.63, 3.8) is 0 Å². The monoisotopic (exact) mass is 279 g/mol. The molecule has 1 saturated heterocycles. The van der Waals surface area contributed by atoms with Crippen LogP contribution in [0, 0.1) is 6.92 Å². The van der Waals surface area contributed by atoms with Crippen LogP contribution in [-0.4, -0.2) is 60.7 Å². The van der Waals surface area contributed by atoms with Gasteiger partial charge in [0, 0.05) is 44.5 Å². The van der Waals surface area contributed by atoms with Crippen molar-refractivity contribution >= 4 is 5.95 Å². The Balaban J connectivity index is 2.07. The summed E-state index contributed by atoms with van der Waals surface area (Å²) in [5, 5.41) is 0. The summed E-state index contributed by atoms with van der Waals surface area (Å²) in [7, 11) is 0. The quantitative estimate of drug-likeness (QED) is 0.854. The molecule has 0 spiro atoms. The number of hydrogen-bond donors (Lipinski definition) is 1. The third kappa shape index (κ3) is 4.05. The number of ether oxygens (including phenoxy) is 1. The molecule has 0 saturated carbocycles. The van der Waals surface area contributed by atoms with Crippen molar-refractivity contribution in [2.75, 3.05) is 50.8 Å². The Morgan fingerprint density at radius 2 is 2.10 bits per heavy atom. The van der Waals surface area contributed by atoms with Gasteiger partial charge >= 0.3 is 0 Å². The fourth-order valence-electron chi connectivity index (χ4n) is 2.46. The zero-order valence-electron chi connectivity index (χ0n) is 12.5. The van der Waals surface area contributed by atoms with Gasteiger partial charge in [-0.3, -0.25) is 0 Å². The van der Waals surface area contributed by atoms with E-state index in [-0.39, 0.29) is 0 Å². The molecule has 6 heteroatoms. The number of nitrogens with two attached hydrogens (primary N) is 1. The highest BCUT2D eigenvalue weighted by molar-refractivity contribution is 5.34. The number of aromatic nitrogens is 2. The van der Waals surface area contributed by atoms with E-state index in [1.54, 1.807) is 0 Å². The van der Waals surface area contributed by atoms with Crippen LogP contribution in [0.5, 0.6) is 5.88 Å². The Kier molecular flexibility index (Phi) is 5.55. The van der Waals surface area contributed by atoms with E-state index in [1.807, 2.05) is 19.9 Å². The molecule has 2 heterocycles. The Bertz CT molecular complexity index is 426. The molecule has 1 aromatic rings. The smallest absolute Gasteiger partial charge is 0.228 e. The van der Waals surface area contributed by atoms with Crippen LogP contribution in [0.1, 0.15) is 19.0 Å². The third-order valence-corrected chi connectivity index (χ3v) is 3.43. The van der Waals surface area contributed by atoms with Crippen LogP contribution in [-0.2, 0) is 0 Å². The van der Waals surface area contributed by atoms with E-state index in [9.17, 15) is 0 Å². The summed E-state index contributed by atoms with van der Waals surface area (Å²) in [4.78, 5) is 13.7. The summed E-state index contributed by atoms with van der Waals surface area (Å²) in [6.07, 6.45) is 1.11. The summed E-state index contributed by atoms with van der Waals surface area (Å²) in [6.45, 7) is 10.3. The predicted octanol–water partition coefficient (Wildman–Crippen LogP) is 0.655. The van der Waals surface area contributed by atoms with Gasteiger partial charge in [0.15, 0.2) is 0 Å². The summed E-state index contributed by atoms with van der Waals surface area (Å²) in [5.74, 6) is 1.45. The lowest BCUT2D eigenvalue weighted by molar-refractivity contribution is 0.302. The van der Waals surface area contributed by atoms with Gasteiger partial charge in [-0.1, -0.05) is 0 Å². The van der Waals surface area contributed by atoms with Gasteiger partial charge in [-0.25, -0.2) is 4.98 Å². The summed E-state index contributed by atoms with van der Waals surface area (Å²) < 4.78 is 5.50. The van der Waals surface area contributed by atoms with E-state index in [1.165, 1.54) is 0 Å². The van der Waals surface area contributed by atoms with Gasteiger partial charge in [-0.15, -0.1) is 0 Å². The fraction of sp³-hybridized carbons (Fsp3) is 0.714. The highest BCUT2D eigenvalue weighted by Crippen LogP contribution is 2.17. The number of nitrogens with zero attached hydrogens (tertiary/aromatic N) is 4. The SMILES string of the molecule is CCOc1cc(C)nc(N2CCCN(CCN)CC2)n1. The minimum atomic E-state index is 0.625. The molecule has 1 aromatic heterocycles. The molecular weight excluding hydrogens is 254 g/mol. The van der Waals surface area contributed by atoms with Crippen LogP contribution in [0.15, 0.2) is 6.07 Å². The number of anilines is 1. The zero-order chi connectivity index (χ0) is 14.4. The molecule has 0 aromatic carbocycles. The molecule has 2 rings (SSSR count). The van der Waals surface area contributed by atoms with E-state index in [0.717, 1.165) is 57.3 Å². The molecule has 0 aliphatic carbocycles. The number of aryl methyl sites for hydroxylation is 1. The lowest BCUT2D eigenvalue weighted by atomic mass is 10.4. The van der Waals surface area contributed by atoms with Crippen molar-refractivity contribution in [3.05, 3.63) is 11.8 Å². The zero-order valence-corrected chi connectivity index (χ0v) is 12.5. The van der Waals surface area contributed by atoms with Gasteiger partial charge in [0.1, 0.15) is 0 Å². The largest absolute Gasteiger partial charge is 0.478 e. The van der Waals surface area contributed by atoms with Crippen LogP contribution < -0.4 is 15.4 Å². The van der Waals surface area contributed by atoms with Crippen molar-refractivity contribution in [1.29, 1.82) is 0 Å². The van der Waals surface area contributed by atoms with Crippen molar-refractivity contribution in [2.24, 2.45) is 5.73 Å². The molecule has 0 atom stereocenters. The second-order valence-corrected chi connectivity index (χ2v) is 5.05. The molecule has 1 aliphatic rings. The molecule has 1 aliphatic heterocycles. The lowest BCUT2D eigenvalue weighted by Crippen LogP contribution is -2.34. The first-order valence-electron chi connectivity index (χ1n) is 7.38. The standard InChI is InChI=1S/C14H25N5O/c1-3-20-13-11-12(2)16-14(17-13)19-7-4-6-18(8-5-15)9-10-19/h11H,3-10,15H2,1-2H3. The minimum absolute atomic E-state index is 0.625. The maximum absolute atomic E-state index is 5.63. The Labute approximate surface area is 120 Å². The number of hydrogen-bond acceptors (Lipinski definition) is 6. The Morgan fingerprint density at radius 1 is 1.25 bits per heavy atom. The van der Waals surface area contributed by atoms with Crippen molar-refractivity contribution in [2.45, 2.75) is 20.3 Å². The van der Waals surface area contributed by atoms with E-state index >= 15 is 0 Å². The van der Waals surface area contributed by atoms with Gasteiger partial charge in [0.25, 0.3) is 0 Å². The minimum Gasteiger partial charge on any atom is -0.478 e. The van der Waals surface area contributed by atoms with E-state index < -0.39 is 0 Å². The topological polar surface area (TPSA) is 67.5 Å². The average molecular weight is 279 g/mol. The maximum Gasteiger partial charge on any atom is 0.228 e. The van der Waals surface area contributed by atoms with Crippen LogP contribution in [0.3, 0.4) is 0 Å². The summed E-state index contributed by atoms with van der Waals surface area (Å²) in [5.41, 5.74) is 6.58. The molecule has 2 N–H and O–H groups in total. The fourth-order valence-corrected chi connectivity index (χ4v) is 2.46. The molecule has 0 amide bonds. The highest BCUT2D eigenvalue weighted by atomic mass is 16.5. The molecule has 0 unspecified atom stereocenters. The first kappa shape index (κ1) is 15.0. The molecule has 0 radical (unpaired) electrons.